The van der Waals surface area contributed by atoms with Crippen molar-refractivity contribution in [1.82, 2.24) is 25.5 Å². The number of likely N-dealkylation sites (tertiary alicyclic amines) is 1. The number of aliphatic hydroxyl groups is 1. The monoisotopic (exact) mass is 698 g/mol. The maximum atomic E-state index is 13.2. The summed E-state index contributed by atoms with van der Waals surface area (Å²) in [6.45, 7) is 3.12. The minimum absolute atomic E-state index is 0.0151. The van der Waals surface area contributed by atoms with Gasteiger partial charge in [-0.05, 0) is 53.8 Å². The van der Waals surface area contributed by atoms with E-state index < -0.39 is 11.8 Å². The summed E-state index contributed by atoms with van der Waals surface area (Å²) in [5, 5.41) is 15.6. The molecule has 0 radical (unpaired) electrons. The number of carbonyl (C=O) groups is 2. The molecule has 11 nitrogen and oxygen atoms in total. The van der Waals surface area contributed by atoms with Crippen molar-refractivity contribution in [3.05, 3.63) is 137 Å². The molecular weight excluding hydrogens is 656 g/mol. The van der Waals surface area contributed by atoms with Gasteiger partial charge in [0, 0.05) is 43.9 Å². The first kappa shape index (κ1) is 33.9. The predicted molar refractivity (Wildman–Crippen MR) is 196 cm³/mol. The van der Waals surface area contributed by atoms with E-state index in [1.165, 1.54) is 6.20 Å². The number of hydrogen-bond donors (Lipinski definition) is 3. The van der Waals surface area contributed by atoms with Gasteiger partial charge in [-0.25, -0.2) is 4.98 Å². The first-order valence-electron chi connectivity index (χ1n) is 17.9. The highest BCUT2D eigenvalue weighted by molar-refractivity contribution is 5.94. The summed E-state index contributed by atoms with van der Waals surface area (Å²) in [6, 6.07) is 33.4. The Morgan fingerprint density at radius 1 is 0.865 bits per heavy atom. The summed E-state index contributed by atoms with van der Waals surface area (Å²) in [5.41, 5.74) is 5.90. The van der Waals surface area contributed by atoms with E-state index in [1.807, 2.05) is 91.0 Å². The molecule has 4 heterocycles. The fourth-order valence-corrected chi connectivity index (χ4v) is 7.59. The van der Waals surface area contributed by atoms with Crippen molar-refractivity contribution >= 4 is 28.5 Å². The topological polar surface area (TPSA) is 129 Å². The molecule has 0 unspecified atom stereocenters. The van der Waals surface area contributed by atoms with Gasteiger partial charge in [0.15, 0.2) is 6.29 Å². The third-order valence-electron chi connectivity index (χ3n) is 10.6. The van der Waals surface area contributed by atoms with E-state index in [2.05, 4.69) is 42.5 Å². The van der Waals surface area contributed by atoms with E-state index in [9.17, 15) is 14.7 Å². The molecule has 5 aromatic rings. The van der Waals surface area contributed by atoms with Crippen molar-refractivity contribution in [2.75, 3.05) is 31.2 Å². The average Bonchev–Trinajstić information content (AvgIpc) is 3.52. The first-order chi connectivity index (χ1) is 25.5. The SMILES string of the molecule is O=C(NCc1ccc([C@@H]2O[C@H](CN3CCC4(CC3)C(=O)NCN4c3ccccc3)C[C@H](c3ccc(CO)cc3)O2)cc1)c1cnc2ccccc2n1. The summed E-state index contributed by atoms with van der Waals surface area (Å²) < 4.78 is 13.2. The highest BCUT2D eigenvalue weighted by Gasteiger charge is 2.50. The van der Waals surface area contributed by atoms with Gasteiger partial charge in [-0.3, -0.25) is 14.6 Å². The van der Waals surface area contributed by atoms with Crippen LogP contribution in [0.25, 0.3) is 11.0 Å². The molecule has 0 aliphatic carbocycles. The second-order valence-corrected chi connectivity index (χ2v) is 13.8. The second kappa shape index (κ2) is 14.8. The molecule has 3 atom stereocenters. The van der Waals surface area contributed by atoms with Gasteiger partial charge in [-0.1, -0.05) is 78.9 Å². The fraction of sp³-hybridized carbons (Fsp3) is 0.317. The molecule has 0 bridgehead atoms. The van der Waals surface area contributed by atoms with Crippen molar-refractivity contribution in [2.45, 2.75) is 56.5 Å². The third-order valence-corrected chi connectivity index (χ3v) is 10.6. The van der Waals surface area contributed by atoms with Crippen LogP contribution in [0.3, 0.4) is 0 Å². The number of fused-ring (bicyclic) bond motifs is 1. The molecule has 3 fully saturated rings. The number of benzene rings is 4. The Hall–Kier alpha value is -5.20. The molecule has 3 N–H and O–H groups in total. The molecule has 266 valence electrons. The number of hydrogen-bond acceptors (Lipinski definition) is 9. The van der Waals surface area contributed by atoms with Crippen LogP contribution in [0.4, 0.5) is 5.69 Å². The molecule has 1 aromatic heterocycles. The fourth-order valence-electron chi connectivity index (χ4n) is 7.59. The number of carbonyl (C=O) groups excluding carboxylic acids is 2. The number of nitrogens with zero attached hydrogens (tertiary/aromatic N) is 4. The molecule has 0 saturated carbocycles. The van der Waals surface area contributed by atoms with E-state index >= 15 is 0 Å². The lowest BCUT2D eigenvalue weighted by Crippen LogP contribution is -2.57. The van der Waals surface area contributed by atoms with Crippen molar-refractivity contribution in [3.8, 4) is 0 Å². The van der Waals surface area contributed by atoms with Gasteiger partial charge < -0.3 is 35.0 Å². The zero-order valence-electron chi connectivity index (χ0n) is 28.9. The van der Waals surface area contributed by atoms with Gasteiger partial charge in [0.25, 0.3) is 5.91 Å². The maximum Gasteiger partial charge on any atom is 0.271 e. The summed E-state index contributed by atoms with van der Waals surface area (Å²) in [4.78, 5) is 39.5. The molecule has 11 heteroatoms. The second-order valence-electron chi connectivity index (χ2n) is 13.8. The Kier molecular flexibility index (Phi) is 9.66. The Morgan fingerprint density at radius 2 is 1.56 bits per heavy atom. The van der Waals surface area contributed by atoms with Crippen molar-refractivity contribution in [1.29, 1.82) is 0 Å². The molecule has 52 heavy (non-hydrogen) atoms. The molecule has 3 saturated heterocycles. The molecule has 3 aliphatic rings. The number of rotatable bonds is 9. The highest BCUT2D eigenvalue weighted by Crippen LogP contribution is 2.40. The Labute approximate surface area is 302 Å². The van der Waals surface area contributed by atoms with E-state index in [1.54, 1.807) is 0 Å². The predicted octanol–water partition coefficient (Wildman–Crippen LogP) is 5.03. The lowest BCUT2D eigenvalue weighted by molar-refractivity contribution is -0.253. The number of para-hydroxylation sites is 3. The van der Waals surface area contributed by atoms with Crippen LogP contribution >= 0.6 is 0 Å². The molecule has 1 spiro atoms. The van der Waals surface area contributed by atoms with Gasteiger partial charge in [0.2, 0.25) is 5.91 Å². The van der Waals surface area contributed by atoms with Crippen LogP contribution in [0.1, 0.15) is 64.4 Å². The molecule has 2 amide bonds. The van der Waals surface area contributed by atoms with Crippen LogP contribution in [-0.2, 0) is 27.4 Å². The van der Waals surface area contributed by atoms with Gasteiger partial charge >= 0.3 is 0 Å². The molecule has 3 aliphatic heterocycles. The van der Waals surface area contributed by atoms with Gasteiger partial charge in [-0.15, -0.1) is 0 Å². The van der Waals surface area contributed by atoms with E-state index in [4.69, 9.17) is 9.47 Å². The highest BCUT2D eigenvalue weighted by atomic mass is 16.7. The number of ether oxygens (including phenoxy) is 2. The minimum Gasteiger partial charge on any atom is -0.392 e. The van der Waals surface area contributed by atoms with E-state index in [0.717, 1.165) is 65.9 Å². The number of amides is 2. The Balaban J connectivity index is 0.937. The van der Waals surface area contributed by atoms with Crippen molar-refractivity contribution in [2.24, 2.45) is 0 Å². The lowest BCUT2D eigenvalue weighted by Gasteiger charge is -2.45. The van der Waals surface area contributed by atoms with E-state index in [0.29, 0.717) is 25.2 Å². The zero-order chi connectivity index (χ0) is 35.5. The Bertz CT molecular complexity index is 2020. The van der Waals surface area contributed by atoms with Crippen LogP contribution < -0.4 is 15.5 Å². The third kappa shape index (κ3) is 7.00. The Morgan fingerprint density at radius 3 is 2.31 bits per heavy atom. The van der Waals surface area contributed by atoms with Crippen LogP contribution in [-0.4, -0.2) is 69.7 Å². The van der Waals surface area contributed by atoms with Gasteiger partial charge in [0.05, 0.1) is 42.7 Å². The van der Waals surface area contributed by atoms with Crippen LogP contribution in [0.2, 0.25) is 0 Å². The largest absolute Gasteiger partial charge is 0.392 e. The number of anilines is 1. The minimum atomic E-state index is -0.594. The van der Waals surface area contributed by atoms with Crippen molar-refractivity contribution in [3.63, 3.8) is 0 Å². The summed E-state index contributed by atoms with van der Waals surface area (Å²) in [5.74, 6) is -0.181. The zero-order valence-corrected chi connectivity index (χ0v) is 28.9. The average molecular weight is 699 g/mol. The summed E-state index contributed by atoms with van der Waals surface area (Å²) in [7, 11) is 0. The van der Waals surface area contributed by atoms with E-state index in [-0.39, 0.29) is 36.3 Å². The van der Waals surface area contributed by atoms with Crippen LogP contribution in [0.15, 0.2) is 109 Å². The standard InChI is InChI=1S/C41H42N6O5/c48-26-29-12-14-30(15-13-29)37-22-33(25-46-20-18-41(19-21-46)40(50)44-27-47(41)32-6-2-1-3-7-32)51-39(52-37)31-16-10-28(11-17-31)23-43-38(49)36-24-42-34-8-4-5-9-35(34)45-36/h1-17,24,33,37,39,48H,18-23,25-27H2,(H,43,49)(H,44,50)/t33-,37+,39+/m0/s1. The summed E-state index contributed by atoms with van der Waals surface area (Å²) in [6.07, 6.45) is 2.73. The number of nitrogens with one attached hydrogen (secondary N) is 2. The smallest absolute Gasteiger partial charge is 0.271 e. The van der Waals surface area contributed by atoms with Gasteiger partial charge in [0.1, 0.15) is 11.2 Å². The first-order valence-corrected chi connectivity index (χ1v) is 17.9. The quantitative estimate of drug-likeness (QED) is 0.194. The van der Waals surface area contributed by atoms with Crippen LogP contribution in [0.5, 0.6) is 0 Å². The molecule has 8 rings (SSSR count). The molecular formula is C41H42N6O5. The summed E-state index contributed by atoms with van der Waals surface area (Å²) >= 11 is 0. The van der Waals surface area contributed by atoms with Gasteiger partial charge in [-0.2, -0.15) is 0 Å². The van der Waals surface area contributed by atoms with Crippen LogP contribution in [0, 0.1) is 0 Å². The maximum absolute atomic E-state index is 13.2. The molecule has 4 aromatic carbocycles. The lowest BCUT2D eigenvalue weighted by atomic mass is 9.85. The normalized spacial score (nSPS) is 21.7. The number of aromatic nitrogens is 2. The number of aliphatic hydroxyl groups excluding tert-OH is 1. The van der Waals surface area contributed by atoms with Crippen molar-refractivity contribution < 1.29 is 24.2 Å². The number of piperidine rings is 1.